The predicted octanol–water partition coefficient (Wildman–Crippen LogP) is 12.6. The number of hydrogen-bond donors (Lipinski definition) is 2. The maximum Gasteiger partial charge on any atom is 0.352 e. The van der Waals surface area contributed by atoms with E-state index in [0.717, 1.165) is 87.2 Å². The SMILES string of the molecule is CCCCC[C@H]1CC[C@H](CCCCc2ccc(C(=O)O[C@@](C)(C(=O)O)[C@@](C)(OC(=O)c3ccc(CCCC[C@H]4CC[C@H](CCCCC)CC4)cc3)C(=O)O)cc2)CC1. The van der Waals surface area contributed by atoms with Crippen molar-refractivity contribution in [2.24, 2.45) is 23.7 Å². The van der Waals surface area contributed by atoms with Crippen molar-refractivity contribution in [3.8, 4) is 0 Å². The summed E-state index contributed by atoms with van der Waals surface area (Å²) >= 11 is 0. The van der Waals surface area contributed by atoms with Crippen LogP contribution in [0.25, 0.3) is 0 Å². The molecule has 2 saturated carbocycles. The largest absolute Gasteiger partial charge is 0.478 e. The van der Waals surface area contributed by atoms with E-state index in [2.05, 4.69) is 13.8 Å². The Morgan fingerprint density at radius 3 is 1.02 bits per heavy atom. The standard InChI is InChI=1S/C50H74O8/c1-5-7-9-15-37-21-25-39(26-22-37)17-11-13-19-41-29-33-43(34-30-41)45(51)57-49(3,47(53)54)50(4,48(55)56)58-46(52)44-35-31-42(32-36-44)20-14-12-18-40-27-23-38(24-28-40)16-10-8-6-2/h29-40H,5-28H2,1-4H3,(H,53,54)(H,55,56)/t37-,38-,39-,40-,49-,50-/m0/s1. The predicted molar refractivity (Wildman–Crippen MR) is 230 cm³/mol. The highest BCUT2D eigenvalue weighted by Crippen LogP contribution is 2.37. The molecule has 8 nitrogen and oxygen atoms in total. The number of aryl methyl sites for hydroxylation is 2. The number of carbonyl (C=O) groups excluding carboxylic acids is 2. The van der Waals surface area contributed by atoms with E-state index in [1.54, 1.807) is 24.3 Å². The molecular formula is C50H74O8. The number of hydrogen-bond acceptors (Lipinski definition) is 6. The topological polar surface area (TPSA) is 127 Å². The van der Waals surface area contributed by atoms with E-state index in [4.69, 9.17) is 9.47 Å². The molecule has 2 N–H and O–H groups in total. The number of carboxylic acids is 2. The van der Waals surface area contributed by atoms with Crippen LogP contribution < -0.4 is 0 Å². The molecule has 8 heteroatoms. The molecule has 2 aromatic rings. The summed E-state index contributed by atoms with van der Waals surface area (Å²) < 4.78 is 10.9. The molecule has 0 unspecified atom stereocenters. The Kier molecular flexibility index (Phi) is 19.3. The van der Waals surface area contributed by atoms with Crippen molar-refractivity contribution in [1.82, 2.24) is 0 Å². The first-order valence-electron chi connectivity index (χ1n) is 23.0. The molecule has 2 fully saturated rings. The summed E-state index contributed by atoms with van der Waals surface area (Å²) in [7, 11) is 0. The third-order valence-electron chi connectivity index (χ3n) is 13.7. The number of carbonyl (C=O) groups is 4. The Bertz CT molecular complexity index is 1430. The Labute approximate surface area is 349 Å². The maximum absolute atomic E-state index is 13.3. The van der Waals surface area contributed by atoms with Gasteiger partial charge in [-0.1, -0.05) is 167 Å². The lowest BCUT2D eigenvalue weighted by molar-refractivity contribution is -0.200. The van der Waals surface area contributed by atoms with Crippen LogP contribution in [0.15, 0.2) is 48.5 Å². The summed E-state index contributed by atoms with van der Waals surface area (Å²) in [5.41, 5.74) is -3.23. The lowest BCUT2D eigenvalue weighted by Crippen LogP contribution is -2.64. The van der Waals surface area contributed by atoms with Crippen LogP contribution in [0, 0.1) is 23.7 Å². The molecule has 2 atom stereocenters. The van der Waals surface area contributed by atoms with Crippen molar-refractivity contribution in [3.63, 3.8) is 0 Å². The van der Waals surface area contributed by atoms with Crippen molar-refractivity contribution in [3.05, 3.63) is 70.8 Å². The second-order valence-electron chi connectivity index (χ2n) is 18.1. The molecular weight excluding hydrogens is 729 g/mol. The number of aliphatic carboxylic acids is 2. The molecule has 58 heavy (non-hydrogen) atoms. The van der Waals surface area contributed by atoms with E-state index in [-0.39, 0.29) is 11.1 Å². The first kappa shape index (κ1) is 47.0. The highest BCUT2D eigenvalue weighted by Gasteiger charge is 2.62. The van der Waals surface area contributed by atoms with Crippen LogP contribution in [0.5, 0.6) is 0 Å². The molecule has 0 heterocycles. The van der Waals surface area contributed by atoms with E-state index >= 15 is 0 Å². The molecule has 0 saturated heterocycles. The van der Waals surface area contributed by atoms with E-state index in [9.17, 15) is 29.4 Å². The molecule has 322 valence electrons. The minimum atomic E-state index is -2.74. The zero-order chi connectivity index (χ0) is 42.0. The van der Waals surface area contributed by atoms with Crippen LogP contribution in [0.2, 0.25) is 0 Å². The average molecular weight is 803 g/mol. The van der Waals surface area contributed by atoms with Gasteiger partial charge < -0.3 is 19.7 Å². The van der Waals surface area contributed by atoms with E-state index in [1.165, 1.54) is 116 Å². The summed E-state index contributed by atoms with van der Waals surface area (Å²) in [6, 6.07) is 13.5. The smallest absolute Gasteiger partial charge is 0.352 e. The zero-order valence-electron chi connectivity index (χ0n) is 36.2. The molecule has 2 aliphatic rings. The molecule has 0 spiro atoms. The number of rotatable bonds is 25. The Morgan fingerprint density at radius 2 is 0.759 bits per heavy atom. The number of unbranched alkanes of at least 4 members (excludes halogenated alkanes) is 6. The average Bonchev–Trinajstić information content (AvgIpc) is 3.22. The summed E-state index contributed by atoms with van der Waals surface area (Å²) in [5, 5.41) is 20.5. The molecule has 0 aliphatic heterocycles. The van der Waals surface area contributed by atoms with Crippen molar-refractivity contribution in [1.29, 1.82) is 0 Å². The Hall–Kier alpha value is -3.68. The Balaban J connectivity index is 1.23. The summed E-state index contributed by atoms with van der Waals surface area (Å²) in [4.78, 5) is 51.9. The molecule has 0 amide bonds. The van der Waals surface area contributed by atoms with Crippen molar-refractivity contribution < 1.29 is 38.9 Å². The highest BCUT2D eigenvalue weighted by atomic mass is 16.6. The Morgan fingerprint density at radius 1 is 0.483 bits per heavy atom. The van der Waals surface area contributed by atoms with Gasteiger partial charge in [-0.15, -0.1) is 0 Å². The lowest BCUT2D eigenvalue weighted by atomic mass is 9.78. The van der Waals surface area contributed by atoms with Crippen LogP contribution in [0.1, 0.15) is 201 Å². The van der Waals surface area contributed by atoms with Gasteiger partial charge >= 0.3 is 23.9 Å². The molecule has 4 rings (SSSR count). The van der Waals surface area contributed by atoms with Crippen LogP contribution in [0.3, 0.4) is 0 Å². The molecule has 0 radical (unpaired) electrons. The van der Waals surface area contributed by atoms with E-state index in [1.807, 2.05) is 24.3 Å². The van der Waals surface area contributed by atoms with Gasteiger partial charge in [0.1, 0.15) is 0 Å². The van der Waals surface area contributed by atoms with Crippen molar-refractivity contribution >= 4 is 23.9 Å². The molecule has 0 bridgehead atoms. The summed E-state index contributed by atoms with van der Waals surface area (Å²) in [5.74, 6) is -2.07. The van der Waals surface area contributed by atoms with E-state index in [0.29, 0.717) is 0 Å². The summed E-state index contributed by atoms with van der Waals surface area (Å²) in [6.07, 6.45) is 30.3. The molecule has 2 aliphatic carbocycles. The van der Waals surface area contributed by atoms with Gasteiger partial charge in [-0.05, 0) is 98.6 Å². The molecule has 2 aromatic carbocycles. The number of carboxylic acid groups (broad SMARTS) is 2. The van der Waals surface area contributed by atoms with Crippen molar-refractivity contribution in [2.75, 3.05) is 0 Å². The quantitative estimate of drug-likeness (QED) is 0.0750. The lowest BCUT2D eigenvalue weighted by Gasteiger charge is -2.38. The first-order valence-corrected chi connectivity index (χ1v) is 23.0. The fourth-order valence-electron chi connectivity index (χ4n) is 9.30. The van der Waals surface area contributed by atoms with Gasteiger partial charge in [0, 0.05) is 0 Å². The number of benzene rings is 2. The van der Waals surface area contributed by atoms with Crippen molar-refractivity contribution in [2.45, 2.75) is 193 Å². The monoisotopic (exact) mass is 803 g/mol. The van der Waals surface area contributed by atoms with Gasteiger partial charge in [0.15, 0.2) is 0 Å². The number of esters is 2. The van der Waals surface area contributed by atoms with Gasteiger partial charge in [-0.25, -0.2) is 19.2 Å². The molecule has 0 aromatic heterocycles. The van der Waals surface area contributed by atoms with Gasteiger partial charge in [-0.3, -0.25) is 0 Å². The van der Waals surface area contributed by atoms with Crippen LogP contribution >= 0.6 is 0 Å². The van der Waals surface area contributed by atoms with Gasteiger partial charge in [0.2, 0.25) is 0 Å². The maximum atomic E-state index is 13.3. The van der Waals surface area contributed by atoms with Crippen LogP contribution in [0.4, 0.5) is 0 Å². The minimum Gasteiger partial charge on any atom is -0.478 e. The third-order valence-corrected chi connectivity index (χ3v) is 13.7. The summed E-state index contributed by atoms with van der Waals surface area (Å²) in [6.45, 7) is 6.42. The first-order chi connectivity index (χ1) is 27.9. The second-order valence-corrected chi connectivity index (χ2v) is 18.1. The van der Waals surface area contributed by atoms with Gasteiger partial charge in [0.25, 0.3) is 11.2 Å². The fraction of sp³-hybridized carbons (Fsp3) is 0.680. The third kappa shape index (κ3) is 14.0. The highest BCUT2D eigenvalue weighted by molar-refractivity contribution is 5.99. The fourth-order valence-corrected chi connectivity index (χ4v) is 9.30. The van der Waals surface area contributed by atoms with Gasteiger partial charge in [-0.2, -0.15) is 0 Å². The van der Waals surface area contributed by atoms with E-state index < -0.39 is 35.1 Å². The van der Waals surface area contributed by atoms with Crippen LogP contribution in [-0.4, -0.2) is 45.3 Å². The van der Waals surface area contributed by atoms with Gasteiger partial charge in [0.05, 0.1) is 11.1 Å². The normalized spacial score (nSPS) is 21.7. The second kappa shape index (κ2) is 23.8. The minimum absolute atomic E-state index is 0.0757. The zero-order valence-corrected chi connectivity index (χ0v) is 36.2. The number of ether oxygens (including phenoxy) is 2. The van der Waals surface area contributed by atoms with Crippen LogP contribution in [-0.2, 0) is 31.9 Å².